The Labute approximate surface area is 107 Å². The van der Waals surface area contributed by atoms with Gasteiger partial charge in [0, 0.05) is 53.8 Å². The zero-order valence-corrected chi connectivity index (χ0v) is 12.1. The Bertz CT molecular complexity index is 114. The van der Waals surface area contributed by atoms with Gasteiger partial charge in [0.15, 0.2) is 0 Å². The van der Waals surface area contributed by atoms with Crippen molar-refractivity contribution in [3.05, 3.63) is 13.1 Å². The molecule has 0 unspecified atom stereocenters. The van der Waals surface area contributed by atoms with Gasteiger partial charge in [-0.05, 0) is 0 Å². The maximum Gasteiger partial charge on any atom is 0.129 e. The van der Waals surface area contributed by atoms with Gasteiger partial charge in [-0.15, -0.1) is 6.42 Å². The third kappa shape index (κ3) is 5.32. The second kappa shape index (κ2) is 7.70. The summed E-state index contributed by atoms with van der Waals surface area (Å²) in [4.78, 5) is 1.67. The van der Waals surface area contributed by atoms with E-state index in [-0.39, 0.29) is 59.7 Å². The number of likely N-dealkylation sites (tertiary alicyclic amines) is 1. The summed E-state index contributed by atoms with van der Waals surface area (Å²) in [5.41, 5.74) is 5.21. The standard InChI is InChI=1S/C6H11N3.W.Y/c7-6(8)9-4-2-1-3-5-9;;/h4-5H,1-3H2,(H3,7,8);;/q-2;;. The summed E-state index contributed by atoms with van der Waals surface area (Å²) in [5.74, 6) is 0.120. The fraction of sp³-hybridized carbons (Fsp3) is 0.500. The first-order valence-corrected chi connectivity index (χ1v) is 3.10. The van der Waals surface area contributed by atoms with Crippen LogP contribution in [0.5, 0.6) is 0 Å². The normalized spacial score (nSPS) is 16.2. The number of nitrogens with zero attached hydrogens (tertiary/aromatic N) is 1. The van der Waals surface area contributed by atoms with Gasteiger partial charge in [-0.25, -0.2) is 0 Å². The van der Waals surface area contributed by atoms with E-state index in [1.165, 1.54) is 6.42 Å². The van der Waals surface area contributed by atoms with E-state index in [1.54, 1.807) is 4.90 Å². The maximum atomic E-state index is 7.03. The molecular weight excluding hydrogens is 387 g/mol. The van der Waals surface area contributed by atoms with Crippen molar-refractivity contribution in [1.29, 1.82) is 5.41 Å². The molecule has 0 saturated carbocycles. The summed E-state index contributed by atoms with van der Waals surface area (Å²) in [7, 11) is 0. The Balaban J connectivity index is 0. The van der Waals surface area contributed by atoms with Crippen molar-refractivity contribution in [1.82, 2.24) is 4.90 Å². The van der Waals surface area contributed by atoms with Gasteiger partial charge in [0.2, 0.25) is 0 Å². The minimum atomic E-state index is 0. The van der Waals surface area contributed by atoms with Crippen molar-refractivity contribution in [3.63, 3.8) is 0 Å². The molecule has 0 atom stereocenters. The van der Waals surface area contributed by atoms with E-state index in [1.807, 2.05) is 13.1 Å². The number of nitrogens with two attached hydrogens (primary N) is 1. The SMILES string of the molecule is N=C(N)N1[CH-]CCC[CH-]1.[W].[Y]. The predicted octanol–water partition coefficient (Wildman–Crippen LogP) is 0.684. The summed E-state index contributed by atoms with van der Waals surface area (Å²) >= 11 is 0. The van der Waals surface area contributed by atoms with E-state index in [2.05, 4.69) is 0 Å². The smallest absolute Gasteiger partial charge is 0.129 e. The molecule has 5 heteroatoms. The molecule has 0 aromatic carbocycles. The van der Waals surface area contributed by atoms with E-state index in [0.29, 0.717) is 0 Å². The molecule has 1 saturated heterocycles. The summed E-state index contributed by atoms with van der Waals surface area (Å²) in [6.45, 7) is 3.87. The quantitative estimate of drug-likeness (QED) is 0.359. The van der Waals surface area contributed by atoms with Crippen LogP contribution >= 0.6 is 0 Å². The number of piperidine rings is 1. The summed E-state index contributed by atoms with van der Waals surface area (Å²) in [6, 6.07) is 0. The topological polar surface area (TPSA) is 53.1 Å². The van der Waals surface area contributed by atoms with E-state index in [0.717, 1.165) is 12.8 Å². The molecule has 1 rings (SSSR count). The van der Waals surface area contributed by atoms with Crippen LogP contribution < -0.4 is 5.73 Å². The van der Waals surface area contributed by atoms with Gasteiger partial charge in [-0.1, -0.05) is 0 Å². The van der Waals surface area contributed by atoms with Crippen molar-refractivity contribution in [2.75, 3.05) is 0 Å². The van der Waals surface area contributed by atoms with Gasteiger partial charge in [0.05, 0.1) is 0 Å². The molecule has 0 bridgehead atoms. The minimum Gasteiger partial charge on any atom is -0.637 e. The molecule has 0 amide bonds. The van der Waals surface area contributed by atoms with Crippen LogP contribution in [0.1, 0.15) is 19.3 Å². The van der Waals surface area contributed by atoms with Gasteiger partial charge >= 0.3 is 0 Å². The molecule has 0 aromatic heterocycles. The van der Waals surface area contributed by atoms with Crippen molar-refractivity contribution < 1.29 is 53.8 Å². The molecule has 1 heterocycles. The Kier molecular flexibility index (Phi) is 10.2. The minimum absolute atomic E-state index is 0. The van der Waals surface area contributed by atoms with Crippen LogP contribution in [0.3, 0.4) is 0 Å². The Morgan fingerprint density at radius 2 is 1.82 bits per heavy atom. The molecule has 3 nitrogen and oxygen atoms in total. The van der Waals surface area contributed by atoms with E-state index < -0.39 is 0 Å². The zero-order chi connectivity index (χ0) is 6.69. The number of nitrogens with one attached hydrogen (secondary N) is 1. The number of guanidine groups is 1. The molecule has 1 fully saturated rings. The molecule has 3 N–H and O–H groups in total. The Morgan fingerprint density at radius 3 is 2.09 bits per heavy atom. The second-order valence-electron chi connectivity index (χ2n) is 2.09. The van der Waals surface area contributed by atoms with Gasteiger partial charge < -0.3 is 10.6 Å². The zero-order valence-electron chi connectivity index (χ0n) is 6.29. The van der Waals surface area contributed by atoms with Crippen LogP contribution in [0.15, 0.2) is 0 Å². The van der Waals surface area contributed by atoms with Crippen molar-refractivity contribution in [2.24, 2.45) is 5.73 Å². The third-order valence-electron chi connectivity index (χ3n) is 1.34. The van der Waals surface area contributed by atoms with Crippen LogP contribution in [0.25, 0.3) is 0 Å². The number of rotatable bonds is 0. The summed E-state index contributed by atoms with van der Waals surface area (Å²) < 4.78 is 0. The first kappa shape index (κ1) is 14.6. The van der Waals surface area contributed by atoms with Crippen molar-refractivity contribution in [2.45, 2.75) is 19.3 Å². The molecule has 1 radical (unpaired) electrons. The molecule has 0 aromatic rings. The summed E-state index contributed by atoms with van der Waals surface area (Å²) in [6.07, 6.45) is 3.26. The first-order valence-electron chi connectivity index (χ1n) is 3.10. The average molecular weight is 398 g/mol. The molecule has 61 valence electrons. The predicted molar refractivity (Wildman–Crippen MR) is 36.2 cm³/mol. The Hall–Kier alpha value is 1.06. The van der Waals surface area contributed by atoms with Crippen molar-refractivity contribution in [3.8, 4) is 0 Å². The third-order valence-corrected chi connectivity index (χ3v) is 1.34. The van der Waals surface area contributed by atoms with Gasteiger partial charge in [0.1, 0.15) is 5.96 Å². The van der Waals surface area contributed by atoms with Crippen LogP contribution in [-0.2, 0) is 53.8 Å². The Morgan fingerprint density at radius 1 is 1.36 bits per heavy atom. The summed E-state index contributed by atoms with van der Waals surface area (Å²) in [5, 5.41) is 7.03. The van der Waals surface area contributed by atoms with Crippen LogP contribution in [0, 0.1) is 18.5 Å². The fourth-order valence-corrected chi connectivity index (χ4v) is 0.850. The molecule has 0 aliphatic carbocycles. The van der Waals surface area contributed by atoms with Gasteiger partial charge in [-0.3, -0.25) is 18.5 Å². The van der Waals surface area contributed by atoms with Crippen molar-refractivity contribution >= 4 is 5.96 Å². The van der Waals surface area contributed by atoms with Crippen LogP contribution in [0.4, 0.5) is 0 Å². The van der Waals surface area contributed by atoms with Gasteiger partial charge in [0.25, 0.3) is 0 Å². The first-order chi connectivity index (χ1) is 4.30. The molecule has 1 aliphatic rings. The van der Waals surface area contributed by atoms with E-state index in [4.69, 9.17) is 11.1 Å². The molecule has 11 heavy (non-hydrogen) atoms. The molecular formula is C6H11N3WY-2. The molecule has 0 spiro atoms. The largest absolute Gasteiger partial charge is 0.637 e. The second-order valence-corrected chi connectivity index (χ2v) is 2.09. The van der Waals surface area contributed by atoms with E-state index >= 15 is 0 Å². The fourth-order valence-electron chi connectivity index (χ4n) is 0.850. The molecule has 1 aliphatic heterocycles. The monoisotopic (exact) mass is 398 g/mol. The van der Waals surface area contributed by atoms with Gasteiger partial charge in [-0.2, -0.15) is 12.8 Å². The number of hydrogen-bond donors (Lipinski definition) is 2. The van der Waals surface area contributed by atoms with E-state index in [9.17, 15) is 0 Å². The number of hydrogen-bond acceptors (Lipinski definition) is 1. The van der Waals surface area contributed by atoms with Crippen LogP contribution in [-0.4, -0.2) is 10.9 Å². The maximum absolute atomic E-state index is 7.03. The van der Waals surface area contributed by atoms with Crippen LogP contribution in [0.2, 0.25) is 0 Å². The average Bonchev–Trinajstić information content (AvgIpc) is 1.90.